The molecule has 4 nitrogen and oxygen atoms in total. The number of furan rings is 1. The van der Waals surface area contributed by atoms with Gasteiger partial charge in [0.2, 0.25) is 5.91 Å². The maximum Gasteiger partial charge on any atom is 0.222 e. The second-order valence-corrected chi connectivity index (χ2v) is 4.35. The summed E-state index contributed by atoms with van der Waals surface area (Å²) in [5.74, 6) is 0.776. The van der Waals surface area contributed by atoms with E-state index in [1.54, 1.807) is 12.3 Å². The van der Waals surface area contributed by atoms with Crippen molar-refractivity contribution < 1.29 is 9.21 Å². The van der Waals surface area contributed by atoms with Crippen LogP contribution in [0.2, 0.25) is 0 Å². The van der Waals surface area contributed by atoms with E-state index in [1.165, 1.54) is 5.56 Å². The Hall–Kier alpha value is -2.23. The summed E-state index contributed by atoms with van der Waals surface area (Å²) in [4.78, 5) is 11.6. The van der Waals surface area contributed by atoms with Gasteiger partial charge in [0.1, 0.15) is 5.76 Å². The van der Waals surface area contributed by atoms with Gasteiger partial charge in [-0.1, -0.05) is 18.2 Å². The monoisotopic (exact) mass is 258 g/mol. The highest BCUT2D eigenvalue weighted by Gasteiger charge is 2.03. The highest BCUT2D eigenvalue weighted by molar-refractivity contribution is 5.76. The summed E-state index contributed by atoms with van der Waals surface area (Å²) in [7, 11) is 0. The first-order valence-electron chi connectivity index (χ1n) is 6.34. The highest BCUT2D eigenvalue weighted by atomic mass is 16.3. The Balaban J connectivity index is 1.68. The second-order valence-electron chi connectivity index (χ2n) is 4.35. The van der Waals surface area contributed by atoms with Crippen LogP contribution in [0.4, 0.5) is 5.69 Å². The van der Waals surface area contributed by atoms with Crippen molar-refractivity contribution >= 4 is 11.6 Å². The van der Waals surface area contributed by atoms with Crippen LogP contribution in [0.15, 0.2) is 47.1 Å². The number of carbonyl (C=O) groups excluding carboxylic acids is 1. The van der Waals surface area contributed by atoms with Gasteiger partial charge >= 0.3 is 0 Å². The molecule has 19 heavy (non-hydrogen) atoms. The predicted molar refractivity (Wildman–Crippen MR) is 74.8 cm³/mol. The molecule has 0 saturated heterocycles. The predicted octanol–water partition coefficient (Wildman–Crippen LogP) is 2.71. The van der Waals surface area contributed by atoms with Crippen molar-refractivity contribution in [1.29, 1.82) is 0 Å². The van der Waals surface area contributed by atoms with E-state index in [9.17, 15) is 4.79 Å². The van der Waals surface area contributed by atoms with Gasteiger partial charge in [-0.15, -0.1) is 0 Å². The van der Waals surface area contributed by atoms with Gasteiger partial charge in [0, 0.05) is 18.7 Å². The molecule has 0 atom stereocenters. The number of rotatable bonds is 6. The molecule has 1 aromatic carbocycles. The molecule has 4 heteroatoms. The first-order chi connectivity index (χ1) is 9.25. The van der Waals surface area contributed by atoms with Gasteiger partial charge in [0.15, 0.2) is 0 Å². The molecule has 0 aliphatic heterocycles. The summed E-state index contributed by atoms with van der Waals surface area (Å²) in [5.41, 5.74) is 2.25. The van der Waals surface area contributed by atoms with Crippen LogP contribution in [0.3, 0.4) is 0 Å². The fraction of sp³-hybridized carbons (Fsp3) is 0.267. The largest absolute Gasteiger partial charge is 0.467 e. The summed E-state index contributed by atoms with van der Waals surface area (Å²) < 4.78 is 5.14. The molecule has 0 bridgehead atoms. The highest BCUT2D eigenvalue weighted by Crippen LogP contribution is 2.12. The number of hydrogen-bond acceptors (Lipinski definition) is 3. The first kappa shape index (κ1) is 13.2. The third-order valence-corrected chi connectivity index (χ3v) is 2.85. The number of nitrogens with one attached hydrogen (secondary N) is 2. The zero-order valence-electron chi connectivity index (χ0n) is 11.0. The van der Waals surface area contributed by atoms with Crippen LogP contribution in [-0.4, -0.2) is 12.5 Å². The average molecular weight is 258 g/mol. The lowest BCUT2D eigenvalue weighted by atomic mass is 10.2. The van der Waals surface area contributed by atoms with Crippen LogP contribution >= 0.6 is 0 Å². The molecule has 0 unspecified atom stereocenters. The Bertz CT molecular complexity index is 521. The molecule has 1 amide bonds. The molecule has 0 fully saturated rings. The lowest BCUT2D eigenvalue weighted by molar-refractivity contribution is -0.121. The minimum atomic E-state index is 0.0116. The van der Waals surface area contributed by atoms with Crippen molar-refractivity contribution in [1.82, 2.24) is 5.32 Å². The molecular formula is C15H18N2O2. The van der Waals surface area contributed by atoms with E-state index in [0.29, 0.717) is 19.5 Å². The van der Waals surface area contributed by atoms with Gasteiger partial charge in [-0.3, -0.25) is 4.79 Å². The van der Waals surface area contributed by atoms with E-state index in [4.69, 9.17) is 4.42 Å². The standard InChI is InChI=1S/C15H18N2O2/c1-12-5-2-3-7-14(12)16-9-8-15(18)17-11-13-6-4-10-19-13/h2-7,10,16H,8-9,11H2,1H3,(H,17,18). The van der Waals surface area contributed by atoms with Gasteiger partial charge in [0.25, 0.3) is 0 Å². The number of para-hydroxylation sites is 1. The quantitative estimate of drug-likeness (QED) is 0.837. The SMILES string of the molecule is Cc1ccccc1NCCC(=O)NCc1ccco1. The molecule has 100 valence electrons. The Morgan fingerprint density at radius 1 is 1.21 bits per heavy atom. The zero-order chi connectivity index (χ0) is 13.5. The first-order valence-corrected chi connectivity index (χ1v) is 6.34. The van der Waals surface area contributed by atoms with Gasteiger partial charge in [-0.25, -0.2) is 0 Å². The fourth-order valence-electron chi connectivity index (χ4n) is 1.77. The molecule has 1 heterocycles. The summed E-state index contributed by atoms with van der Waals surface area (Å²) in [5, 5.41) is 6.07. The van der Waals surface area contributed by atoms with E-state index in [2.05, 4.69) is 10.6 Å². The fourth-order valence-corrected chi connectivity index (χ4v) is 1.77. The average Bonchev–Trinajstić information content (AvgIpc) is 2.92. The topological polar surface area (TPSA) is 54.3 Å². The number of anilines is 1. The molecule has 1 aromatic heterocycles. The van der Waals surface area contributed by atoms with Crippen LogP contribution in [0, 0.1) is 6.92 Å². The Morgan fingerprint density at radius 3 is 2.79 bits per heavy atom. The normalized spacial score (nSPS) is 10.2. The summed E-state index contributed by atoms with van der Waals surface area (Å²) in [6.07, 6.45) is 2.04. The summed E-state index contributed by atoms with van der Waals surface area (Å²) in [6.45, 7) is 3.10. The number of hydrogen-bond donors (Lipinski definition) is 2. The van der Waals surface area contributed by atoms with E-state index in [0.717, 1.165) is 11.4 Å². The molecule has 0 radical (unpaired) electrons. The van der Waals surface area contributed by atoms with Gasteiger partial charge in [-0.2, -0.15) is 0 Å². The molecule has 0 spiro atoms. The number of carbonyl (C=O) groups is 1. The van der Waals surface area contributed by atoms with E-state index < -0.39 is 0 Å². The van der Waals surface area contributed by atoms with Gasteiger partial charge in [-0.05, 0) is 30.7 Å². The van der Waals surface area contributed by atoms with Crippen molar-refractivity contribution in [2.75, 3.05) is 11.9 Å². The Labute approximate surface area is 112 Å². The van der Waals surface area contributed by atoms with Gasteiger partial charge in [0.05, 0.1) is 12.8 Å². The lowest BCUT2D eigenvalue weighted by Gasteiger charge is -2.09. The lowest BCUT2D eigenvalue weighted by Crippen LogP contribution is -2.24. The van der Waals surface area contributed by atoms with Crippen molar-refractivity contribution in [3.8, 4) is 0 Å². The van der Waals surface area contributed by atoms with Crippen LogP contribution in [0.25, 0.3) is 0 Å². The summed E-state index contributed by atoms with van der Waals surface area (Å²) >= 11 is 0. The summed E-state index contributed by atoms with van der Waals surface area (Å²) in [6, 6.07) is 11.7. The molecule has 2 rings (SSSR count). The van der Waals surface area contributed by atoms with E-state index in [-0.39, 0.29) is 5.91 Å². The molecular weight excluding hydrogens is 240 g/mol. The van der Waals surface area contributed by atoms with Crippen LogP contribution < -0.4 is 10.6 Å². The minimum absolute atomic E-state index is 0.0116. The van der Waals surface area contributed by atoms with Crippen LogP contribution in [0.5, 0.6) is 0 Å². The Kier molecular flexibility index (Phi) is 4.61. The molecule has 0 aliphatic rings. The van der Waals surface area contributed by atoms with E-state index in [1.807, 2.05) is 37.3 Å². The number of benzene rings is 1. The van der Waals surface area contributed by atoms with Crippen molar-refractivity contribution in [2.45, 2.75) is 19.9 Å². The van der Waals surface area contributed by atoms with Crippen molar-refractivity contribution in [3.05, 3.63) is 54.0 Å². The smallest absolute Gasteiger partial charge is 0.222 e. The zero-order valence-corrected chi connectivity index (χ0v) is 11.0. The maximum atomic E-state index is 11.6. The third kappa shape index (κ3) is 4.17. The number of amides is 1. The molecule has 0 aliphatic carbocycles. The molecule has 2 N–H and O–H groups in total. The third-order valence-electron chi connectivity index (χ3n) is 2.85. The Morgan fingerprint density at radius 2 is 2.05 bits per heavy atom. The second kappa shape index (κ2) is 6.64. The maximum absolute atomic E-state index is 11.6. The van der Waals surface area contributed by atoms with Crippen LogP contribution in [-0.2, 0) is 11.3 Å². The molecule has 0 saturated carbocycles. The van der Waals surface area contributed by atoms with Crippen LogP contribution in [0.1, 0.15) is 17.7 Å². The van der Waals surface area contributed by atoms with Crippen molar-refractivity contribution in [3.63, 3.8) is 0 Å². The number of aryl methyl sites for hydroxylation is 1. The van der Waals surface area contributed by atoms with Gasteiger partial charge < -0.3 is 15.1 Å². The minimum Gasteiger partial charge on any atom is -0.467 e. The van der Waals surface area contributed by atoms with E-state index >= 15 is 0 Å². The molecule has 2 aromatic rings. The van der Waals surface area contributed by atoms with Crippen molar-refractivity contribution in [2.24, 2.45) is 0 Å².